The molecule has 0 radical (unpaired) electrons. The zero-order valence-electron chi connectivity index (χ0n) is 13.4. The summed E-state index contributed by atoms with van der Waals surface area (Å²) in [6, 6.07) is 9.46. The monoisotopic (exact) mass is 290 g/mol. The SMILES string of the molecule is CC(C)C[C@H](NC(=O)CCc1ccccc1)C(=O)N(C)C. The minimum absolute atomic E-state index is 0.0447. The number of carbonyl (C=O) groups excluding carboxylic acids is 2. The maximum atomic E-state index is 12.1. The van der Waals surface area contributed by atoms with E-state index in [1.807, 2.05) is 44.2 Å². The molecule has 0 aliphatic rings. The maximum absolute atomic E-state index is 12.1. The van der Waals surface area contributed by atoms with Crippen LogP contribution in [0.5, 0.6) is 0 Å². The molecule has 0 aliphatic carbocycles. The highest BCUT2D eigenvalue weighted by atomic mass is 16.2. The Labute approximate surface area is 127 Å². The van der Waals surface area contributed by atoms with E-state index in [0.29, 0.717) is 25.2 Å². The van der Waals surface area contributed by atoms with Crippen LogP contribution in [0.1, 0.15) is 32.3 Å². The van der Waals surface area contributed by atoms with Gasteiger partial charge in [-0.2, -0.15) is 0 Å². The molecule has 21 heavy (non-hydrogen) atoms. The second-order valence-corrected chi connectivity index (χ2v) is 5.97. The van der Waals surface area contributed by atoms with Gasteiger partial charge in [0.1, 0.15) is 6.04 Å². The average molecular weight is 290 g/mol. The van der Waals surface area contributed by atoms with Gasteiger partial charge in [-0.05, 0) is 24.3 Å². The molecule has 0 heterocycles. The van der Waals surface area contributed by atoms with E-state index in [2.05, 4.69) is 5.32 Å². The molecule has 116 valence electrons. The highest BCUT2D eigenvalue weighted by molar-refractivity contribution is 5.87. The molecule has 0 fully saturated rings. The predicted octanol–water partition coefficient (Wildman–Crippen LogP) is 2.24. The van der Waals surface area contributed by atoms with Crippen LogP contribution in [0.25, 0.3) is 0 Å². The summed E-state index contributed by atoms with van der Waals surface area (Å²) in [5.74, 6) is 0.241. The van der Waals surface area contributed by atoms with Crippen LogP contribution < -0.4 is 5.32 Å². The van der Waals surface area contributed by atoms with Crippen molar-refractivity contribution in [2.45, 2.75) is 39.2 Å². The summed E-state index contributed by atoms with van der Waals surface area (Å²) in [5.41, 5.74) is 1.13. The highest BCUT2D eigenvalue weighted by Crippen LogP contribution is 2.08. The quantitative estimate of drug-likeness (QED) is 0.837. The van der Waals surface area contributed by atoms with E-state index in [1.165, 1.54) is 4.90 Å². The van der Waals surface area contributed by atoms with Gasteiger partial charge in [0.2, 0.25) is 11.8 Å². The summed E-state index contributed by atoms with van der Waals surface area (Å²) < 4.78 is 0. The van der Waals surface area contributed by atoms with E-state index in [1.54, 1.807) is 14.1 Å². The van der Waals surface area contributed by atoms with Crippen molar-refractivity contribution < 1.29 is 9.59 Å². The third-order valence-corrected chi connectivity index (χ3v) is 3.26. The largest absolute Gasteiger partial charge is 0.347 e. The summed E-state index contributed by atoms with van der Waals surface area (Å²) in [4.78, 5) is 25.7. The molecular weight excluding hydrogens is 264 g/mol. The van der Waals surface area contributed by atoms with Gasteiger partial charge in [-0.3, -0.25) is 9.59 Å². The third kappa shape index (κ3) is 6.43. The van der Waals surface area contributed by atoms with Crippen molar-refractivity contribution in [3.63, 3.8) is 0 Å². The Morgan fingerprint density at radius 2 is 1.76 bits per heavy atom. The lowest BCUT2D eigenvalue weighted by Crippen LogP contribution is -2.47. The average Bonchev–Trinajstić information content (AvgIpc) is 2.44. The summed E-state index contributed by atoms with van der Waals surface area (Å²) >= 11 is 0. The lowest BCUT2D eigenvalue weighted by atomic mass is 10.0. The van der Waals surface area contributed by atoms with E-state index in [9.17, 15) is 9.59 Å². The zero-order chi connectivity index (χ0) is 15.8. The Morgan fingerprint density at radius 1 is 1.14 bits per heavy atom. The first-order chi connectivity index (χ1) is 9.90. The smallest absolute Gasteiger partial charge is 0.244 e. The number of hydrogen-bond donors (Lipinski definition) is 1. The van der Waals surface area contributed by atoms with E-state index < -0.39 is 6.04 Å². The van der Waals surface area contributed by atoms with Crippen LogP contribution in [0.3, 0.4) is 0 Å². The normalized spacial score (nSPS) is 12.0. The van der Waals surface area contributed by atoms with Crippen LogP contribution in [0.15, 0.2) is 30.3 Å². The van der Waals surface area contributed by atoms with Gasteiger partial charge in [-0.1, -0.05) is 44.2 Å². The van der Waals surface area contributed by atoms with Crippen LogP contribution in [-0.2, 0) is 16.0 Å². The Hall–Kier alpha value is -1.84. The fraction of sp³-hybridized carbons (Fsp3) is 0.529. The van der Waals surface area contributed by atoms with E-state index in [-0.39, 0.29) is 11.8 Å². The number of rotatable bonds is 7. The number of amides is 2. The lowest BCUT2D eigenvalue weighted by molar-refractivity contribution is -0.134. The topological polar surface area (TPSA) is 49.4 Å². The molecule has 2 amide bonds. The lowest BCUT2D eigenvalue weighted by Gasteiger charge is -2.23. The van der Waals surface area contributed by atoms with E-state index in [4.69, 9.17) is 0 Å². The first-order valence-electron chi connectivity index (χ1n) is 7.44. The van der Waals surface area contributed by atoms with Crippen molar-refractivity contribution in [2.75, 3.05) is 14.1 Å². The second-order valence-electron chi connectivity index (χ2n) is 5.97. The zero-order valence-corrected chi connectivity index (χ0v) is 13.4. The van der Waals surface area contributed by atoms with Crippen molar-refractivity contribution in [2.24, 2.45) is 5.92 Å². The molecule has 1 aromatic carbocycles. The van der Waals surface area contributed by atoms with Gasteiger partial charge >= 0.3 is 0 Å². The van der Waals surface area contributed by atoms with Crippen molar-refractivity contribution in [3.8, 4) is 0 Å². The first-order valence-corrected chi connectivity index (χ1v) is 7.44. The molecule has 4 heteroatoms. The number of hydrogen-bond acceptors (Lipinski definition) is 2. The van der Waals surface area contributed by atoms with Gasteiger partial charge in [0, 0.05) is 20.5 Å². The van der Waals surface area contributed by atoms with Crippen LogP contribution >= 0.6 is 0 Å². The molecule has 0 unspecified atom stereocenters. The number of carbonyl (C=O) groups is 2. The third-order valence-electron chi connectivity index (χ3n) is 3.26. The molecule has 0 aromatic heterocycles. The molecule has 1 aromatic rings. The summed E-state index contributed by atoms with van der Waals surface area (Å²) in [5, 5.41) is 2.87. The van der Waals surface area contributed by atoms with Gasteiger partial charge in [0.05, 0.1) is 0 Å². The summed E-state index contributed by atoms with van der Waals surface area (Å²) in [6.07, 6.45) is 1.75. The maximum Gasteiger partial charge on any atom is 0.244 e. The molecule has 0 spiro atoms. The van der Waals surface area contributed by atoms with Gasteiger partial charge in [0.25, 0.3) is 0 Å². The molecule has 0 saturated heterocycles. The van der Waals surface area contributed by atoms with E-state index in [0.717, 1.165) is 5.56 Å². The molecule has 0 bridgehead atoms. The standard InChI is InChI=1S/C17H26N2O2/c1-13(2)12-15(17(21)19(3)4)18-16(20)11-10-14-8-6-5-7-9-14/h5-9,13,15H,10-12H2,1-4H3,(H,18,20)/t15-/m0/s1. The van der Waals surface area contributed by atoms with Crippen molar-refractivity contribution >= 4 is 11.8 Å². The van der Waals surface area contributed by atoms with Gasteiger partial charge < -0.3 is 10.2 Å². The first kappa shape index (κ1) is 17.2. The number of nitrogens with one attached hydrogen (secondary N) is 1. The van der Waals surface area contributed by atoms with Gasteiger partial charge in [-0.15, -0.1) is 0 Å². The Kier molecular flexibility index (Phi) is 6.92. The van der Waals surface area contributed by atoms with Crippen LogP contribution in [0.4, 0.5) is 0 Å². The molecule has 1 atom stereocenters. The Morgan fingerprint density at radius 3 is 2.29 bits per heavy atom. The predicted molar refractivity (Wildman–Crippen MR) is 84.8 cm³/mol. The molecule has 4 nitrogen and oxygen atoms in total. The van der Waals surface area contributed by atoms with Crippen LogP contribution in [0, 0.1) is 5.92 Å². The fourth-order valence-electron chi connectivity index (χ4n) is 2.17. The number of aryl methyl sites for hydroxylation is 1. The Bertz CT molecular complexity index is 455. The van der Waals surface area contributed by atoms with Crippen molar-refractivity contribution in [1.82, 2.24) is 10.2 Å². The van der Waals surface area contributed by atoms with Crippen LogP contribution in [-0.4, -0.2) is 36.9 Å². The molecule has 0 aliphatic heterocycles. The second kappa shape index (κ2) is 8.45. The number of nitrogens with zero attached hydrogens (tertiary/aromatic N) is 1. The number of benzene rings is 1. The minimum atomic E-state index is -0.428. The van der Waals surface area contributed by atoms with Crippen molar-refractivity contribution in [3.05, 3.63) is 35.9 Å². The molecule has 1 rings (SSSR count). The molecule has 1 N–H and O–H groups in total. The molecule has 0 saturated carbocycles. The van der Waals surface area contributed by atoms with Crippen LogP contribution in [0.2, 0.25) is 0 Å². The summed E-state index contributed by atoms with van der Waals surface area (Å²) in [7, 11) is 3.43. The van der Waals surface area contributed by atoms with E-state index >= 15 is 0 Å². The highest BCUT2D eigenvalue weighted by Gasteiger charge is 2.23. The molecular formula is C17H26N2O2. The minimum Gasteiger partial charge on any atom is -0.347 e. The van der Waals surface area contributed by atoms with Crippen molar-refractivity contribution in [1.29, 1.82) is 0 Å². The van der Waals surface area contributed by atoms with Gasteiger partial charge in [-0.25, -0.2) is 0 Å². The number of likely N-dealkylation sites (N-methyl/N-ethyl adjacent to an activating group) is 1. The Balaban J connectivity index is 2.53. The van der Waals surface area contributed by atoms with Gasteiger partial charge in [0.15, 0.2) is 0 Å². The fourth-order valence-corrected chi connectivity index (χ4v) is 2.17. The summed E-state index contributed by atoms with van der Waals surface area (Å²) in [6.45, 7) is 4.10.